The molecule has 0 aliphatic carbocycles. The van der Waals surface area contributed by atoms with Gasteiger partial charge in [0.1, 0.15) is 0 Å². The molecule has 12 heavy (non-hydrogen) atoms. The number of rotatable bonds is 3. The Balaban J connectivity index is 2.71. The van der Waals surface area contributed by atoms with E-state index in [1.54, 1.807) is 0 Å². The minimum atomic E-state index is 0.635. The van der Waals surface area contributed by atoms with Crippen LogP contribution in [0.15, 0.2) is 30.3 Å². The van der Waals surface area contributed by atoms with Crippen molar-refractivity contribution in [3.05, 3.63) is 42.3 Å². The smallest absolute Gasteiger partial charge is 0.0162 e. The Kier molecular flexibility index (Phi) is 3.33. The Labute approximate surface area is 75.6 Å². The average molecular weight is 161 g/mol. The van der Waals surface area contributed by atoms with Gasteiger partial charge >= 0.3 is 0 Å². The lowest BCUT2D eigenvalue weighted by molar-refractivity contribution is 0.555. The minimum absolute atomic E-state index is 0.635. The predicted molar refractivity (Wildman–Crippen MR) is 54.0 cm³/mol. The molecule has 0 fully saturated rings. The first-order chi connectivity index (χ1) is 5.75. The summed E-state index contributed by atoms with van der Waals surface area (Å²) < 4.78 is 0. The van der Waals surface area contributed by atoms with E-state index in [4.69, 9.17) is 0 Å². The molecule has 1 rings (SSSR count). The summed E-state index contributed by atoms with van der Waals surface area (Å²) in [4.78, 5) is 0. The van der Waals surface area contributed by atoms with Gasteiger partial charge in [-0.2, -0.15) is 0 Å². The highest BCUT2D eigenvalue weighted by Crippen LogP contribution is 2.24. The van der Waals surface area contributed by atoms with Crippen molar-refractivity contribution in [2.45, 2.75) is 26.7 Å². The van der Waals surface area contributed by atoms with E-state index in [-0.39, 0.29) is 0 Å². The van der Waals surface area contributed by atoms with Crippen LogP contribution in [0.5, 0.6) is 0 Å². The van der Waals surface area contributed by atoms with E-state index in [2.05, 4.69) is 57.5 Å². The van der Waals surface area contributed by atoms with Crippen molar-refractivity contribution in [3.8, 4) is 0 Å². The SMILES string of the molecule is C[CH]C(C)C(C)c1ccccc1. The van der Waals surface area contributed by atoms with Crippen LogP contribution in [0, 0.1) is 12.3 Å². The summed E-state index contributed by atoms with van der Waals surface area (Å²) >= 11 is 0. The van der Waals surface area contributed by atoms with Gasteiger partial charge in [0.25, 0.3) is 0 Å². The zero-order valence-corrected chi connectivity index (χ0v) is 8.12. The quantitative estimate of drug-likeness (QED) is 0.634. The van der Waals surface area contributed by atoms with Crippen molar-refractivity contribution in [2.75, 3.05) is 0 Å². The summed E-state index contributed by atoms with van der Waals surface area (Å²) in [6, 6.07) is 10.7. The number of hydrogen-bond acceptors (Lipinski definition) is 0. The molecule has 0 bridgehead atoms. The van der Waals surface area contributed by atoms with E-state index in [0.717, 1.165) is 0 Å². The van der Waals surface area contributed by atoms with Gasteiger partial charge in [-0.3, -0.25) is 0 Å². The first-order valence-electron chi connectivity index (χ1n) is 4.60. The van der Waals surface area contributed by atoms with Crippen molar-refractivity contribution in [2.24, 2.45) is 5.92 Å². The van der Waals surface area contributed by atoms with Crippen LogP contribution in [0.25, 0.3) is 0 Å². The van der Waals surface area contributed by atoms with Crippen molar-refractivity contribution in [1.29, 1.82) is 0 Å². The summed E-state index contributed by atoms with van der Waals surface area (Å²) in [7, 11) is 0. The topological polar surface area (TPSA) is 0 Å². The lowest BCUT2D eigenvalue weighted by atomic mass is 9.87. The molecule has 65 valence electrons. The molecule has 2 atom stereocenters. The normalized spacial score (nSPS) is 15.6. The standard InChI is InChI=1S/C12H17/c1-4-10(2)11(3)12-8-6-5-7-9-12/h4-11H,1-3H3. The molecule has 2 unspecified atom stereocenters. The molecule has 0 heteroatoms. The maximum Gasteiger partial charge on any atom is -0.0162 e. The Morgan fingerprint density at radius 2 is 1.67 bits per heavy atom. The van der Waals surface area contributed by atoms with Gasteiger partial charge in [0.15, 0.2) is 0 Å². The molecule has 0 N–H and O–H groups in total. The van der Waals surface area contributed by atoms with Crippen molar-refractivity contribution >= 4 is 0 Å². The lowest BCUT2D eigenvalue weighted by Crippen LogP contribution is -2.04. The molecule has 0 saturated carbocycles. The van der Waals surface area contributed by atoms with E-state index < -0.39 is 0 Å². The molecular formula is C12H17. The second kappa shape index (κ2) is 4.30. The summed E-state index contributed by atoms with van der Waals surface area (Å²) in [6.45, 7) is 6.67. The Morgan fingerprint density at radius 1 is 1.08 bits per heavy atom. The van der Waals surface area contributed by atoms with Crippen LogP contribution in [0.2, 0.25) is 0 Å². The van der Waals surface area contributed by atoms with Crippen LogP contribution in [-0.2, 0) is 0 Å². The van der Waals surface area contributed by atoms with Crippen molar-refractivity contribution in [1.82, 2.24) is 0 Å². The van der Waals surface area contributed by atoms with Crippen LogP contribution in [0.3, 0.4) is 0 Å². The molecule has 0 spiro atoms. The van der Waals surface area contributed by atoms with Gasteiger partial charge in [-0.25, -0.2) is 0 Å². The largest absolute Gasteiger partial charge is 0.0622 e. The average Bonchev–Trinajstić information content (AvgIpc) is 2.17. The molecule has 0 amide bonds. The number of hydrogen-bond donors (Lipinski definition) is 0. The third kappa shape index (κ3) is 2.10. The van der Waals surface area contributed by atoms with Gasteiger partial charge in [0.05, 0.1) is 0 Å². The fourth-order valence-electron chi connectivity index (χ4n) is 1.35. The maximum absolute atomic E-state index is 2.28. The van der Waals surface area contributed by atoms with E-state index in [9.17, 15) is 0 Å². The van der Waals surface area contributed by atoms with Gasteiger partial charge < -0.3 is 0 Å². The first kappa shape index (κ1) is 9.31. The highest BCUT2D eigenvalue weighted by Gasteiger charge is 2.11. The van der Waals surface area contributed by atoms with Gasteiger partial charge in [-0.05, 0) is 23.8 Å². The summed E-state index contributed by atoms with van der Waals surface area (Å²) in [5.74, 6) is 1.30. The van der Waals surface area contributed by atoms with Gasteiger partial charge in [-0.1, -0.05) is 51.1 Å². The van der Waals surface area contributed by atoms with Crippen LogP contribution in [0.1, 0.15) is 32.3 Å². The highest BCUT2D eigenvalue weighted by molar-refractivity contribution is 5.19. The van der Waals surface area contributed by atoms with Crippen LogP contribution >= 0.6 is 0 Å². The Hall–Kier alpha value is -0.780. The minimum Gasteiger partial charge on any atom is -0.0622 e. The molecular weight excluding hydrogens is 144 g/mol. The Bertz CT molecular complexity index is 213. The fraction of sp³-hybridized carbons (Fsp3) is 0.417. The predicted octanol–water partition coefficient (Wildman–Crippen LogP) is 3.65. The lowest BCUT2D eigenvalue weighted by Gasteiger charge is -2.17. The second-order valence-corrected chi connectivity index (χ2v) is 3.39. The zero-order chi connectivity index (χ0) is 8.97. The van der Waals surface area contributed by atoms with Crippen LogP contribution in [0.4, 0.5) is 0 Å². The number of benzene rings is 1. The van der Waals surface area contributed by atoms with Crippen LogP contribution in [-0.4, -0.2) is 0 Å². The Morgan fingerprint density at radius 3 is 2.17 bits per heavy atom. The molecule has 0 nitrogen and oxygen atoms in total. The fourth-order valence-corrected chi connectivity index (χ4v) is 1.35. The highest BCUT2D eigenvalue weighted by atomic mass is 14.2. The molecule has 0 aliphatic heterocycles. The third-order valence-corrected chi connectivity index (χ3v) is 2.64. The van der Waals surface area contributed by atoms with Gasteiger partial charge in [-0.15, -0.1) is 0 Å². The summed E-state index contributed by atoms with van der Waals surface area (Å²) in [5.41, 5.74) is 1.43. The molecule has 1 radical (unpaired) electrons. The maximum atomic E-state index is 2.28. The molecule has 0 heterocycles. The molecule has 1 aromatic rings. The van der Waals surface area contributed by atoms with Crippen LogP contribution < -0.4 is 0 Å². The van der Waals surface area contributed by atoms with E-state index in [1.807, 2.05) is 0 Å². The monoisotopic (exact) mass is 161 g/mol. The van der Waals surface area contributed by atoms with E-state index in [1.165, 1.54) is 5.56 Å². The molecule has 0 aliphatic rings. The second-order valence-electron chi connectivity index (χ2n) is 3.39. The molecule has 0 aromatic heterocycles. The van der Waals surface area contributed by atoms with Gasteiger partial charge in [0, 0.05) is 0 Å². The summed E-state index contributed by atoms with van der Waals surface area (Å²) in [5, 5.41) is 0. The van der Waals surface area contributed by atoms with Gasteiger partial charge in [0.2, 0.25) is 0 Å². The van der Waals surface area contributed by atoms with Crippen molar-refractivity contribution in [3.63, 3.8) is 0 Å². The van der Waals surface area contributed by atoms with Crippen molar-refractivity contribution < 1.29 is 0 Å². The molecule has 1 aromatic carbocycles. The third-order valence-electron chi connectivity index (χ3n) is 2.64. The first-order valence-corrected chi connectivity index (χ1v) is 4.60. The molecule has 0 saturated heterocycles. The summed E-state index contributed by atoms with van der Waals surface area (Å²) in [6.07, 6.45) is 2.26. The van der Waals surface area contributed by atoms with E-state index in [0.29, 0.717) is 11.8 Å². The van der Waals surface area contributed by atoms with E-state index >= 15 is 0 Å². The zero-order valence-electron chi connectivity index (χ0n) is 8.12.